The van der Waals surface area contributed by atoms with E-state index in [1.54, 1.807) is 6.20 Å². The minimum atomic E-state index is -4.27. The number of aromatic nitrogens is 2. The highest BCUT2D eigenvalue weighted by Gasteiger charge is 2.45. The Kier molecular flexibility index (Phi) is 5.46. The van der Waals surface area contributed by atoms with Gasteiger partial charge >= 0.3 is 6.18 Å². The summed E-state index contributed by atoms with van der Waals surface area (Å²) in [6, 6.07) is 6.69. The lowest BCUT2D eigenvalue weighted by Crippen LogP contribution is -2.48. The predicted molar refractivity (Wildman–Crippen MR) is 90.2 cm³/mol. The Balaban J connectivity index is 1.62. The summed E-state index contributed by atoms with van der Waals surface area (Å²) in [5.41, 5.74) is 0. The van der Waals surface area contributed by atoms with Gasteiger partial charge in [0.05, 0.1) is 17.9 Å². The number of carbonyl (C=O) groups is 1. The van der Waals surface area contributed by atoms with Crippen molar-refractivity contribution in [1.29, 1.82) is 0 Å². The minimum Gasteiger partial charge on any atom is -0.352 e. The summed E-state index contributed by atoms with van der Waals surface area (Å²) in [5, 5.41) is 12.9. The summed E-state index contributed by atoms with van der Waals surface area (Å²) >= 11 is 1.19. The van der Waals surface area contributed by atoms with Crippen LogP contribution in [0.5, 0.6) is 0 Å². The summed E-state index contributed by atoms with van der Waals surface area (Å²) in [6.07, 6.45) is -0.927. The number of benzene rings is 1. The van der Waals surface area contributed by atoms with E-state index in [2.05, 4.69) is 15.5 Å². The van der Waals surface area contributed by atoms with Crippen molar-refractivity contribution in [3.05, 3.63) is 30.5 Å². The highest BCUT2D eigenvalue weighted by atomic mass is 32.2. The second-order valence-corrected chi connectivity index (χ2v) is 7.10. The molecule has 0 saturated heterocycles. The van der Waals surface area contributed by atoms with Crippen LogP contribution in [0.2, 0.25) is 0 Å². The van der Waals surface area contributed by atoms with Gasteiger partial charge in [-0.15, -0.1) is 5.10 Å². The Morgan fingerprint density at radius 3 is 2.80 bits per heavy atom. The lowest BCUT2D eigenvalue weighted by atomic mass is 9.84. The Hall–Kier alpha value is -1.83. The number of fused-ring (bicyclic) bond motifs is 1. The van der Waals surface area contributed by atoms with Gasteiger partial charge in [0.25, 0.3) is 0 Å². The van der Waals surface area contributed by atoms with Crippen molar-refractivity contribution in [2.24, 2.45) is 5.92 Å². The molecule has 4 nitrogen and oxygen atoms in total. The van der Waals surface area contributed by atoms with E-state index in [9.17, 15) is 18.0 Å². The molecule has 25 heavy (non-hydrogen) atoms. The smallest absolute Gasteiger partial charge is 0.352 e. The Labute approximate surface area is 147 Å². The molecule has 2 atom stereocenters. The average Bonchev–Trinajstić information content (AvgIpc) is 2.59. The first-order valence-electron chi connectivity index (χ1n) is 8.14. The Morgan fingerprint density at radius 1 is 1.24 bits per heavy atom. The van der Waals surface area contributed by atoms with E-state index >= 15 is 0 Å². The largest absolute Gasteiger partial charge is 0.393 e. The lowest BCUT2D eigenvalue weighted by Gasteiger charge is -2.33. The van der Waals surface area contributed by atoms with Gasteiger partial charge in [0.15, 0.2) is 0 Å². The summed E-state index contributed by atoms with van der Waals surface area (Å²) < 4.78 is 39.3. The number of amides is 1. The fraction of sp³-hybridized carbons (Fsp3) is 0.471. The number of hydrogen-bond acceptors (Lipinski definition) is 4. The van der Waals surface area contributed by atoms with Crippen LogP contribution in [-0.2, 0) is 4.79 Å². The van der Waals surface area contributed by atoms with Crippen molar-refractivity contribution in [2.75, 3.05) is 5.75 Å². The standard InChI is InChI=1S/C17H18F3N3OS/c18-17(19,20)13-7-3-4-8-14(13)22-15(24)10-25-16-12-6-2-1-5-11(12)9-21-23-16/h1-2,5-6,9,13-14H,3-4,7-8,10H2,(H,22,24)/t13-,14-/m1/s1. The number of halogens is 3. The molecule has 1 aromatic carbocycles. The highest BCUT2D eigenvalue weighted by molar-refractivity contribution is 8.00. The molecule has 0 unspecified atom stereocenters. The van der Waals surface area contributed by atoms with Crippen molar-refractivity contribution < 1.29 is 18.0 Å². The van der Waals surface area contributed by atoms with Crippen LogP contribution in [0.15, 0.2) is 35.5 Å². The van der Waals surface area contributed by atoms with Crippen LogP contribution in [0.4, 0.5) is 13.2 Å². The maximum Gasteiger partial charge on any atom is 0.393 e. The zero-order valence-electron chi connectivity index (χ0n) is 13.4. The summed E-state index contributed by atoms with van der Waals surface area (Å²) in [7, 11) is 0. The molecule has 134 valence electrons. The zero-order chi connectivity index (χ0) is 17.9. The van der Waals surface area contributed by atoms with Gasteiger partial charge in [-0.3, -0.25) is 4.79 Å². The quantitative estimate of drug-likeness (QED) is 0.829. The fourth-order valence-corrected chi connectivity index (χ4v) is 3.98. The maximum atomic E-state index is 13.1. The number of nitrogens with zero attached hydrogens (tertiary/aromatic N) is 2. The Bertz CT molecular complexity index is 748. The van der Waals surface area contributed by atoms with Crippen molar-refractivity contribution in [2.45, 2.75) is 42.9 Å². The van der Waals surface area contributed by atoms with E-state index in [1.807, 2.05) is 24.3 Å². The van der Waals surface area contributed by atoms with Crippen LogP contribution in [0.3, 0.4) is 0 Å². The topological polar surface area (TPSA) is 54.9 Å². The minimum absolute atomic E-state index is 0.0176. The number of thioether (sulfide) groups is 1. The molecule has 0 radical (unpaired) electrons. The average molecular weight is 369 g/mol. The van der Waals surface area contributed by atoms with Crippen molar-refractivity contribution in [3.8, 4) is 0 Å². The number of rotatable bonds is 4. The molecule has 2 aromatic rings. The SMILES string of the molecule is O=C(CSc1nncc2ccccc12)N[C@@H]1CCCC[C@H]1C(F)(F)F. The zero-order valence-corrected chi connectivity index (χ0v) is 14.2. The first-order chi connectivity index (χ1) is 11.9. The van der Waals surface area contributed by atoms with E-state index in [0.29, 0.717) is 24.3 Å². The predicted octanol–water partition coefficient (Wildman–Crippen LogP) is 3.96. The van der Waals surface area contributed by atoms with Gasteiger partial charge in [-0.1, -0.05) is 48.9 Å². The molecular weight excluding hydrogens is 351 g/mol. The van der Waals surface area contributed by atoms with Crippen LogP contribution < -0.4 is 5.32 Å². The van der Waals surface area contributed by atoms with E-state index in [1.165, 1.54) is 11.8 Å². The number of carbonyl (C=O) groups excluding carboxylic acids is 1. The van der Waals surface area contributed by atoms with Gasteiger partial charge in [0.1, 0.15) is 5.03 Å². The first-order valence-corrected chi connectivity index (χ1v) is 9.13. The normalized spacial score (nSPS) is 21.2. The maximum absolute atomic E-state index is 13.1. The van der Waals surface area contributed by atoms with E-state index in [4.69, 9.17) is 0 Å². The molecule has 1 aliphatic rings. The number of alkyl halides is 3. The summed E-state index contributed by atoms with van der Waals surface area (Å²) in [4.78, 5) is 12.1. The van der Waals surface area contributed by atoms with Crippen LogP contribution in [0.25, 0.3) is 10.8 Å². The first kappa shape index (κ1) is 18.0. The Morgan fingerprint density at radius 2 is 2.00 bits per heavy atom. The van der Waals surface area contributed by atoms with Gasteiger partial charge in [0, 0.05) is 16.8 Å². The monoisotopic (exact) mass is 369 g/mol. The van der Waals surface area contributed by atoms with E-state index < -0.39 is 24.0 Å². The molecule has 1 fully saturated rings. The highest BCUT2D eigenvalue weighted by Crippen LogP contribution is 2.37. The van der Waals surface area contributed by atoms with Crippen molar-refractivity contribution >= 4 is 28.4 Å². The van der Waals surface area contributed by atoms with Crippen molar-refractivity contribution in [1.82, 2.24) is 15.5 Å². The molecule has 0 bridgehead atoms. The number of nitrogens with one attached hydrogen (secondary N) is 1. The summed E-state index contributed by atoms with van der Waals surface area (Å²) in [6.45, 7) is 0. The molecule has 1 aromatic heterocycles. The van der Waals surface area contributed by atoms with Crippen LogP contribution in [0.1, 0.15) is 25.7 Å². The molecule has 8 heteroatoms. The molecule has 1 aliphatic carbocycles. The molecule has 1 saturated carbocycles. The lowest BCUT2D eigenvalue weighted by molar-refractivity contribution is -0.189. The third-order valence-electron chi connectivity index (χ3n) is 4.41. The molecule has 1 N–H and O–H groups in total. The van der Waals surface area contributed by atoms with Gasteiger partial charge in [-0.05, 0) is 12.8 Å². The van der Waals surface area contributed by atoms with Crippen molar-refractivity contribution in [3.63, 3.8) is 0 Å². The van der Waals surface area contributed by atoms with Gasteiger partial charge in [-0.25, -0.2) is 0 Å². The van der Waals surface area contributed by atoms with Crippen LogP contribution >= 0.6 is 11.8 Å². The second-order valence-electron chi connectivity index (χ2n) is 6.13. The van der Waals surface area contributed by atoms with E-state index in [-0.39, 0.29) is 12.2 Å². The van der Waals surface area contributed by atoms with E-state index in [0.717, 1.165) is 10.8 Å². The van der Waals surface area contributed by atoms with Crippen LogP contribution in [0, 0.1) is 5.92 Å². The fourth-order valence-electron chi connectivity index (χ4n) is 3.19. The van der Waals surface area contributed by atoms with Gasteiger partial charge < -0.3 is 5.32 Å². The molecule has 0 spiro atoms. The van der Waals surface area contributed by atoms with Gasteiger partial charge in [-0.2, -0.15) is 18.3 Å². The second kappa shape index (κ2) is 7.59. The number of hydrogen-bond donors (Lipinski definition) is 1. The molecular formula is C17H18F3N3OS. The third kappa shape index (κ3) is 4.42. The summed E-state index contributed by atoms with van der Waals surface area (Å²) in [5.74, 6) is -1.84. The third-order valence-corrected chi connectivity index (χ3v) is 5.39. The van der Waals surface area contributed by atoms with Gasteiger partial charge in [0.2, 0.25) is 5.91 Å². The molecule has 1 amide bonds. The molecule has 0 aliphatic heterocycles. The van der Waals surface area contributed by atoms with Crippen LogP contribution in [-0.4, -0.2) is 34.1 Å². The molecule has 3 rings (SSSR count). The molecule has 1 heterocycles.